The van der Waals surface area contributed by atoms with Gasteiger partial charge in [-0.1, -0.05) is 31.2 Å². The maximum absolute atomic E-state index is 13.0. The van der Waals surface area contributed by atoms with Crippen LogP contribution in [0, 0.1) is 11.3 Å². The third kappa shape index (κ3) is 3.11. The van der Waals surface area contributed by atoms with Crippen LogP contribution in [0.1, 0.15) is 43.2 Å². The maximum atomic E-state index is 13.0. The molecule has 1 atom stereocenters. The molecule has 2 heterocycles. The number of ketones is 1. The minimum absolute atomic E-state index is 0.129. The van der Waals surface area contributed by atoms with E-state index in [0.717, 1.165) is 36.1 Å². The Bertz CT molecular complexity index is 873. The van der Waals surface area contributed by atoms with E-state index in [1.54, 1.807) is 0 Å². The lowest BCUT2D eigenvalue weighted by molar-refractivity contribution is -0.117. The summed E-state index contributed by atoms with van der Waals surface area (Å²) in [7, 11) is 0. The van der Waals surface area contributed by atoms with Crippen LogP contribution in [0.15, 0.2) is 46.9 Å². The molecule has 1 fully saturated rings. The zero-order valence-corrected chi connectivity index (χ0v) is 16.3. The average molecular weight is 378 g/mol. The lowest BCUT2D eigenvalue weighted by Gasteiger charge is -2.45. The number of nitriles is 1. The highest BCUT2D eigenvalue weighted by atomic mass is 16.5. The molecule has 0 aromatic heterocycles. The van der Waals surface area contributed by atoms with Gasteiger partial charge in [-0.05, 0) is 30.4 Å². The SMILES string of the molecule is CCc1ccc(C2C(C#N)=C(N)N(N3CCOCC3)C3=C2C(=O)CCC3)cc1. The van der Waals surface area contributed by atoms with Crippen LogP contribution in [0.3, 0.4) is 0 Å². The number of morpholine rings is 1. The normalized spacial score (nSPS) is 23.6. The fourth-order valence-electron chi connectivity index (χ4n) is 4.42. The first kappa shape index (κ1) is 18.7. The van der Waals surface area contributed by atoms with E-state index in [1.165, 1.54) is 5.56 Å². The summed E-state index contributed by atoms with van der Waals surface area (Å²) in [6, 6.07) is 10.5. The van der Waals surface area contributed by atoms with Crippen LogP contribution in [0.5, 0.6) is 0 Å². The molecule has 1 unspecified atom stereocenters. The highest BCUT2D eigenvalue weighted by molar-refractivity contribution is 5.99. The second-order valence-corrected chi connectivity index (χ2v) is 7.45. The molecule has 0 bridgehead atoms. The Morgan fingerprint density at radius 3 is 2.57 bits per heavy atom. The lowest BCUT2D eigenvalue weighted by Crippen LogP contribution is -2.52. The van der Waals surface area contributed by atoms with E-state index in [9.17, 15) is 10.1 Å². The van der Waals surface area contributed by atoms with Crippen molar-refractivity contribution in [2.75, 3.05) is 26.3 Å². The lowest BCUT2D eigenvalue weighted by atomic mass is 9.76. The molecule has 0 radical (unpaired) electrons. The summed E-state index contributed by atoms with van der Waals surface area (Å²) in [5.74, 6) is 0.197. The van der Waals surface area contributed by atoms with Gasteiger partial charge in [-0.2, -0.15) is 5.26 Å². The van der Waals surface area contributed by atoms with Crippen molar-refractivity contribution in [3.8, 4) is 6.07 Å². The first-order valence-corrected chi connectivity index (χ1v) is 10.0. The number of benzene rings is 1. The number of rotatable bonds is 3. The summed E-state index contributed by atoms with van der Waals surface area (Å²) >= 11 is 0. The first-order valence-electron chi connectivity index (χ1n) is 10.0. The number of hydrogen-bond acceptors (Lipinski definition) is 6. The predicted octanol–water partition coefficient (Wildman–Crippen LogP) is 2.60. The number of hydrogen-bond donors (Lipinski definition) is 1. The number of allylic oxidation sites excluding steroid dienone is 3. The molecule has 146 valence electrons. The Kier molecular flexibility index (Phi) is 5.21. The molecule has 1 aliphatic carbocycles. The molecule has 4 rings (SSSR count). The van der Waals surface area contributed by atoms with Crippen molar-refractivity contribution in [2.45, 2.75) is 38.5 Å². The molecule has 1 aromatic rings. The minimum atomic E-state index is -0.379. The molecule has 1 aromatic carbocycles. The third-order valence-corrected chi connectivity index (χ3v) is 5.88. The van der Waals surface area contributed by atoms with E-state index >= 15 is 0 Å². The number of carbonyl (C=O) groups excluding carboxylic acids is 1. The second kappa shape index (κ2) is 7.78. The number of nitrogens with zero attached hydrogens (tertiary/aromatic N) is 3. The Hall–Kier alpha value is -2.62. The summed E-state index contributed by atoms with van der Waals surface area (Å²) in [4.78, 5) is 13.0. The van der Waals surface area contributed by atoms with Crippen molar-refractivity contribution in [2.24, 2.45) is 5.73 Å². The van der Waals surface area contributed by atoms with Gasteiger partial charge in [-0.15, -0.1) is 0 Å². The Morgan fingerprint density at radius 2 is 1.93 bits per heavy atom. The van der Waals surface area contributed by atoms with Crippen LogP contribution in [0.25, 0.3) is 0 Å². The number of Topliss-reactive ketones (excluding diaryl/α,β-unsaturated/α-hetero) is 1. The van der Waals surface area contributed by atoms with E-state index in [-0.39, 0.29) is 11.7 Å². The molecule has 2 aliphatic heterocycles. The van der Waals surface area contributed by atoms with Crippen LogP contribution in [-0.4, -0.2) is 42.1 Å². The average Bonchev–Trinajstić information content (AvgIpc) is 2.74. The molecule has 1 saturated heterocycles. The fraction of sp³-hybridized carbons (Fsp3) is 0.455. The number of ether oxygens (including phenoxy) is 1. The second-order valence-electron chi connectivity index (χ2n) is 7.45. The van der Waals surface area contributed by atoms with E-state index < -0.39 is 0 Å². The van der Waals surface area contributed by atoms with Crippen molar-refractivity contribution in [1.29, 1.82) is 5.26 Å². The summed E-state index contributed by atoms with van der Waals surface area (Å²) in [5.41, 5.74) is 10.9. The van der Waals surface area contributed by atoms with Crippen molar-refractivity contribution in [3.05, 3.63) is 58.1 Å². The molecule has 6 heteroatoms. The van der Waals surface area contributed by atoms with Crippen LogP contribution >= 0.6 is 0 Å². The summed E-state index contributed by atoms with van der Waals surface area (Å²) in [6.07, 6.45) is 3.08. The van der Waals surface area contributed by atoms with Crippen LogP contribution < -0.4 is 5.73 Å². The molecular formula is C22H26N4O2. The molecule has 2 N–H and O–H groups in total. The van der Waals surface area contributed by atoms with E-state index in [2.05, 4.69) is 30.1 Å². The monoisotopic (exact) mass is 378 g/mol. The van der Waals surface area contributed by atoms with Crippen molar-refractivity contribution in [1.82, 2.24) is 10.0 Å². The Morgan fingerprint density at radius 1 is 1.21 bits per heavy atom. The van der Waals surface area contributed by atoms with Crippen molar-refractivity contribution >= 4 is 5.78 Å². The number of nitrogens with two attached hydrogens (primary N) is 1. The zero-order chi connectivity index (χ0) is 19.7. The van der Waals surface area contributed by atoms with E-state index in [0.29, 0.717) is 44.1 Å². The molecule has 0 saturated carbocycles. The third-order valence-electron chi connectivity index (χ3n) is 5.88. The highest BCUT2D eigenvalue weighted by Crippen LogP contribution is 2.45. The Balaban J connectivity index is 1.85. The van der Waals surface area contributed by atoms with Gasteiger partial charge in [-0.3, -0.25) is 9.80 Å². The van der Waals surface area contributed by atoms with Crippen LogP contribution in [-0.2, 0) is 16.0 Å². The van der Waals surface area contributed by atoms with Crippen molar-refractivity contribution in [3.63, 3.8) is 0 Å². The number of hydrazine groups is 1. The van der Waals surface area contributed by atoms with Crippen molar-refractivity contribution < 1.29 is 9.53 Å². The summed E-state index contributed by atoms with van der Waals surface area (Å²) in [5, 5.41) is 14.0. The summed E-state index contributed by atoms with van der Waals surface area (Å²) < 4.78 is 5.48. The predicted molar refractivity (Wildman–Crippen MR) is 106 cm³/mol. The maximum Gasteiger partial charge on any atom is 0.161 e. The van der Waals surface area contributed by atoms with Gasteiger partial charge in [0.1, 0.15) is 5.82 Å². The molecule has 28 heavy (non-hydrogen) atoms. The summed E-state index contributed by atoms with van der Waals surface area (Å²) in [6.45, 7) is 4.73. The quantitative estimate of drug-likeness (QED) is 0.871. The van der Waals surface area contributed by atoms with Gasteiger partial charge in [0.2, 0.25) is 0 Å². The molecule has 0 spiro atoms. The number of carbonyl (C=O) groups is 1. The smallest absolute Gasteiger partial charge is 0.161 e. The van der Waals surface area contributed by atoms with Crippen LogP contribution in [0.2, 0.25) is 0 Å². The van der Waals surface area contributed by atoms with Gasteiger partial charge in [0.25, 0.3) is 0 Å². The topological polar surface area (TPSA) is 82.6 Å². The van der Waals surface area contributed by atoms with E-state index in [1.807, 2.05) is 17.1 Å². The van der Waals surface area contributed by atoms with Gasteiger partial charge in [0.05, 0.1) is 30.8 Å². The molecular weight excluding hydrogens is 352 g/mol. The largest absolute Gasteiger partial charge is 0.383 e. The van der Waals surface area contributed by atoms with Gasteiger partial charge < -0.3 is 10.5 Å². The molecule has 6 nitrogen and oxygen atoms in total. The highest BCUT2D eigenvalue weighted by Gasteiger charge is 2.41. The fourth-order valence-corrected chi connectivity index (χ4v) is 4.42. The first-order chi connectivity index (χ1) is 13.7. The number of aryl methyl sites for hydroxylation is 1. The molecule has 3 aliphatic rings. The van der Waals surface area contributed by atoms with Gasteiger partial charge in [0, 0.05) is 30.8 Å². The molecule has 0 amide bonds. The zero-order valence-electron chi connectivity index (χ0n) is 16.3. The minimum Gasteiger partial charge on any atom is -0.383 e. The van der Waals surface area contributed by atoms with Crippen LogP contribution in [0.4, 0.5) is 0 Å². The van der Waals surface area contributed by atoms with E-state index in [4.69, 9.17) is 10.5 Å². The van der Waals surface area contributed by atoms with Gasteiger partial charge in [0.15, 0.2) is 5.78 Å². The Labute approximate surface area is 165 Å². The van der Waals surface area contributed by atoms with Gasteiger partial charge in [-0.25, -0.2) is 5.01 Å². The van der Waals surface area contributed by atoms with Gasteiger partial charge >= 0.3 is 0 Å². The standard InChI is InChI=1S/C22H26N4O2/c1-2-15-6-8-16(9-7-15)20-17(14-23)22(24)26(25-10-12-28-13-11-25)18-4-3-5-19(27)21(18)20/h6-9,20H,2-5,10-13,24H2,1H3.